The summed E-state index contributed by atoms with van der Waals surface area (Å²) in [6.45, 7) is 0. The third-order valence-corrected chi connectivity index (χ3v) is 0.967. The quantitative estimate of drug-likeness (QED) is 0.592. The molecule has 0 aromatic heterocycles. The molecule has 1 aromatic carbocycles. The van der Waals surface area contributed by atoms with Crippen LogP contribution in [0.5, 0.6) is 0 Å². The van der Waals surface area contributed by atoms with Crippen molar-refractivity contribution < 1.29 is 4.79 Å². The summed E-state index contributed by atoms with van der Waals surface area (Å²) in [7, 11) is 0. The molecule has 2 amide bonds. The van der Waals surface area contributed by atoms with Gasteiger partial charge in [0.15, 0.2) is 0 Å². The monoisotopic (exact) mass is 135 g/mol. The number of para-hydroxylation sites is 1. The van der Waals surface area contributed by atoms with E-state index in [0.29, 0.717) is 5.69 Å². The molecule has 51 valence electrons. The molecular formula is C7H7N2O. The van der Waals surface area contributed by atoms with Crippen molar-refractivity contribution in [3.8, 4) is 0 Å². The zero-order valence-electron chi connectivity index (χ0n) is 5.29. The highest BCUT2D eigenvalue weighted by atomic mass is 16.2. The van der Waals surface area contributed by atoms with Gasteiger partial charge in [-0.3, -0.25) is 0 Å². The van der Waals surface area contributed by atoms with Crippen molar-refractivity contribution in [2.45, 2.75) is 0 Å². The van der Waals surface area contributed by atoms with Crippen LogP contribution in [0.4, 0.5) is 10.5 Å². The number of rotatable bonds is 1. The second-order valence-electron chi connectivity index (χ2n) is 1.77. The molecule has 0 unspecified atom stereocenters. The summed E-state index contributed by atoms with van der Waals surface area (Å²) in [5, 5.41) is 2.39. The van der Waals surface area contributed by atoms with Crippen LogP contribution in [-0.4, -0.2) is 6.03 Å². The van der Waals surface area contributed by atoms with Crippen LogP contribution in [-0.2, 0) is 0 Å². The van der Waals surface area contributed by atoms with E-state index in [4.69, 9.17) is 5.73 Å². The van der Waals surface area contributed by atoms with Crippen molar-refractivity contribution in [3.05, 3.63) is 30.3 Å². The van der Waals surface area contributed by atoms with Gasteiger partial charge in [0, 0.05) is 6.07 Å². The Morgan fingerprint density at radius 3 is 2.90 bits per heavy atom. The minimum absolute atomic E-state index is 0.567. The first-order valence-corrected chi connectivity index (χ1v) is 2.82. The number of urea groups is 1. The molecule has 0 spiro atoms. The number of carbonyl (C=O) groups is 1. The fraction of sp³-hybridized carbons (Fsp3) is 0. The molecule has 0 saturated carbocycles. The van der Waals surface area contributed by atoms with E-state index in [9.17, 15) is 4.79 Å². The smallest absolute Gasteiger partial charge is 0.316 e. The largest absolute Gasteiger partial charge is 0.351 e. The lowest BCUT2D eigenvalue weighted by molar-refractivity contribution is 0.259. The SMILES string of the molecule is NC(=O)Nc1[c]cccc1. The lowest BCUT2D eigenvalue weighted by Gasteiger charge is -1.97. The fourth-order valence-electron chi connectivity index (χ4n) is 0.604. The summed E-state index contributed by atoms with van der Waals surface area (Å²) >= 11 is 0. The summed E-state index contributed by atoms with van der Waals surface area (Å²) < 4.78 is 0. The lowest BCUT2D eigenvalue weighted by Crippen LogP contribution is -2.19. The molecule has 0 atom stereocenters. The lowest BCUT2D eigenvalue weighted by atomic mass is 10.3. The summed E-state index contributed by atoms with van der Waals surface area (Å²) in [6, 6.07) is 9.24. The predicted octanol–water partition coefficient (Wildman–Crippen LogP) is 0.977. The zero-order valence-corrected chi connectivity index (χ0v) is 5.29. The molecule has 0 heterocycles. The molecule has 3 N–H and O–H groups in total. The maximum Gasteiger partial charge on any atom is 0.316 e. The Hall–Kier alpha value is -1.51. The van der Waals surface area contributed by atoms with Gasteiger partial charge in [-0.1, -0.05) is 18.2 Å². The Balaban J connectivity index is 2.67. The predicted molar refractivity (Wildman–Crippen MR) is 38.5 cm³/mol. The van der Waals surface area contributed by atoms with E-state index in [0.717, 1.165) is 0 Å². The summed E-state index contributed by atoms with van der Waals surface area (Å²) in [5.74, 6) is 0. The van der Waals surface area contributed by atoms with E-state index in [1.54, 1.807) is 18.2 Å². The Kier molecular flexibility index (Phi) is 1.89. The van der Waals surface area contributed by atoms with Crippen LogP contribution in [0.2, 0.25) is 0 Å². The van der Waals surface area contributed by atoms with E-state index >= 15 is 0 Å². The van der Waals surface area contributed by atoms with Crippen molar-refractivity contribution in [1.82, 2.24) is 0 Å². The van der Waals surface area contributed by atoms with Crippen molar-refractivity contribution in [1.29, 1.82) is 0 Å². The zero-order chi connectivity index (χ0) is 7.40. The van der Waals surface area contributed by atoms with Crippen LogP contribution >= 0.6 is 0 Å². The van der Waals surface area contributed by atoms with Gasteiger partial charge in [-0.2, -0.15) is 0 Å². The third kappa shape index (κ3) is 1.78. The third-order valence-electron chi connectivity index (χ3n) is 0.967. The average Bonchev–Trinajstić information content (AvgIpc) is 1.88. The minimum Gasteiger partial charge on any atom is -0.351 e. The molecule has 0 aliphatic rings. The van der Waals surface area contributed by atoms with Gasteiger partial charge < -0.3 is 11.1 Å². The maximum absolute atomic E-state index is 10.3. The van der Waals surface area contributed by atoms with Gasteiger partial charge in [-0.15, -0.1) is 0 Å². The molecule has 1 radical (unpaired) electrons. The van der Waals surface area contributed by atoms with Gasteiger partial charge in [0.25, 0.3) is 0 Å². The first kappa shape index (κ1) is 6.61. The summed E-state index contributed by atoms with van der Waals surface area (Å²) in [4.78, 5) is 10.3. The van der Waals surface area contributed by atoms with Crippen LogP contribution < -0.4 is 11.1 Å². The molecule has 1 aromatic rings. The molecule has 0 fully saturated rings. The number of hydrogen-bond donors (Lipinski definition) is 2. The molecule has 0 aliphatic heterocycles. The Labute approximate surface area is 58.8 Å². The number of benzene rings is 1. The topological polar surface area (TPSA) is 55.1 Å². The van der Waals surface area contributed by atoms with E-state index in [2.05, 4.69) is 11.4 Å². The van der Waals surface area contributed by atoms with Crippen LogP contribution in [0.25, 0.3) is 0 Å². The number of nitrogens with two attached hydrogens (primary N) is 1. The second-order valence-corrected chi connectivity index (χ2v) is 1.77. The minimum atomic E-state index is -0.567. The van der Waals surface area contributed by atoms with Crippen molar-refractivity contribution >= 4 is 11.7 Å². The Morgan fingerprint density at radius 2 is 2.40 bits per heavy atom. The van der Waals surface area contributed by atoms with E-state index in [-0.39, 0.29) is 0 Å². The van der Waals surface area contributed by atoms with Gasteiger partial charge >= 0.3 is 6.03 Å². The Morgan fingerprint density at radius 1 is 1.60 bits per heavy atom. The molecule has 3 nitrogen and oxygen atoms in total. The number of anilines is 1. The van der Waals surface area contributed by atoms with Gasteiger partial charge in [0.1, 0.15) is 0 Å². The van der Waals surface area contributed by atoms with Crippen molar-refractivity contribution in [2.75, 3.05) is 5.32 Å². The molecule has 0 saturated heterocycles. The van der Waals surface area contributed by atoms with Crippen LogP contribution in [0.3, 0.4) is 0 Å². The van der Waals surface area contributed by atoms with Crippen LogP contribution in [0.15, 0.2) is 24.3 Å². The van der Waals surface area contributed by atoms with Gasteiger partial charge in [0.2, 0.25) is 0 Å². The van der Waals surface area contributed by atoms with Gasteiger partial charge in [0.05, 0.1) is 5.69 Å². The average molecular weight is 135 g/mol. The molecule has 0 bridgehead atoms. The standard InChI is InChI=1S/C7H7N2O/c8-7(10)9-6-4-2-1-3-5-6/h1-4H,(H3,8,9,10). The number of primary amides is 1. The Bertz CT molecular complexity index is 220. The molecule has 0 aliphatic carbocycles. The maximum atomic E-state index is 10.3. The van der Waals surface area contributed by atoms with Gasteiger partial charge in [-0.25, -0.2) is 4.79 Å². The molecule has 1 rings (SSSR count). The van der Waals surface area contributed by atoms with Crippen LogP contribution in [0.1, 0.15) is 0 Å². The van der Waals surface area contributed by atoms with E-state index in [1.807, 2.05) is 6.07 Å². The molecule has 10 heavy (non-hydrogen) atoms. The second kappa shape index (κ2) is 2.87. The van der Waals surface area contributed by atoms with Crippen LogP contribution in [0, 0.1) is 6.07 Å². The van der Waals surface area contributed by atoms with Crippen molar-refractivity contribution in [3.63, 3.8) is 0 Å². The number of nitrogens with one attached hydrogen (secondary N) is 1. The number of carbonyl (C=O) groups excluding carboxylic acids is 1. The number of amides is 2. The summed E-state index contributed by atoms with van der Waals surface area (Å²) in [5.41, 5.74) is 5.45. The van der Waals surface area contributed by atoms with E-state index in [1.165, 1.54) is 0 Å². The first-order chi connectivity index (χ1) is 4.79. The first-order valence-electron chi connectivity index (χ1n) is 2.82. The van der Waals surface area contributed by atoms with E-state index < -0.39 is 6.03 Å². The highest BCUT2D eigenvalue weighted by Gasteiger charge is 1.91. The normalized spacial score (nSPS) is 8.80. The number of hydrogen-bond acceptors (Lipinski definition) is 1. The van der Waals surface area contributed by atoms with Gasteiger partial charge in [-0.05, 0) is 6.07 Å². The highest BCUT2D eigenvalue weighted by molar-refractivity contribution is 5.87. The summed E-state index contributed by atoms with van der Waals surface area (Å²) in [6.07, 6.45) is 0. The highest BCUT2D eigenvalue weighted by Crippen LogP contribution is 2.01. The molecule has 3 heteroatoms. The molecular weight excluding hydrogens is 128 g/mol. The van der Waals surface area contributed by atoms with Crippen molar-refractivity contribution in [2.24, 2.45) is 5.73 Å². The fourth-order valence-corrected chi connectivity index (χ4v) is 0.604.